The van der Waals surface area contributed by atoms with Gasteiger partial charge in [0.15, 0.2) is 0 Å². The van der Waals surface area contributed by atoms with Gasteiger partial charge in [-0.05, 0) is 24.6 Å². The Morgan fingerprint density at radius 3 is 2.55 bits per heavy atom. The van der Waals surface area contributed by atoms with E-state index in [2.05, 4.69) is 0 Å². The molecule has 0 saturated carbocycles. The maximum atomic E-state index is 12.9. The molecule has 0 spiro atoms. The Balaban J connectivity index is 1.78. The molecule has 0 bridgehead atoms. The molecule has 4 atom stereocenters. The standard InChI is InChI=1S/C20H23N3O7S/c1-10-16-15(11(2)24)19(26)22(16)17(18(10)31-8-7-14(21)25)20(27)30-9-12-3-5-13(6-4-12)23(28)29/h3-6,10-11,15-16,24H,7-9H2,1-2H3,(H2,21,25)/t10-,11-,15-,16-/m1/s1. The zero-order valence-electron chi connectivity index (χ0n) is 17.0. The minimum atomic E-state index is -0.858. The average molecular weight is 449 g/mol. The molecule has 1 fully saturated rings. The predicted molar refractivity (Wildman–Crippen MR) is 111 cm³/mol. The number of β-lactam (4-membered cyclic amide) rings is 1. The Kier molecular flexibility index (Phi) is 6.65. The molecule has 0 aliphatic carbocycles. The molecular formula is C20H23N3O7S. The van der Waals surface area contributed by atoms with Crippen molar-refractivity contribution in [3.05, 3.63) is 50.5 Å². The van der Waals surface area contributed by atoms with Crippen LogP contribution in [0.2, 0.25) is 0 Å². The molecule has 10 nitrogen and oxygen atoms in total. The smallest absolute Gasteiger partial charge is 0.356 e. The molecule has 3 rings (SSSR count). The lowest BCUT2D eigenvalue weighted by Gasteiger charge is -2.46. The third kappa shape index (κ3) is 4.42. The monoisotopic (exact) mass is 449 g/mol. The van der Waals surface area contributed by atoms with Crippen molar-refractivity contribution in [2.45, 2.75) is 39.0 Å². The molecule has 2 aliphatic heterocycles. The number of fused-ring (bicyclic) bond motifs is 1. The molecule has 2 amide bonds. The maximum absolute atomic E-state index is 12.9. The van der Waals surface area contributed by atoms with Crippen molar-refractivity contribution < 1.29 is 29.2 Å². The number of thioether (sulfide) groups is 1. The predicted octanol–water partition coefficient (Wildman–Crippen LogP) is 1.32. The minimum Gasteiger partial charge on any atom is -0.456 e. The van der Waals surface area contributed by atoms with Gasteiger partial charge in [0.25, 0.3) is 5.69 Å². The molecule has 11 heteroatoms. The summed E-state index contributed by atoms with van der Waals surface area (Å²) in [5.41, 5.74) is 5.80. The number of nitro groups is 1. The van der Waals surface area contributed by atoms with E-state index in [4.69, 9.17) is 10.5 Å². The number of nitro benzene ring substituents is 1. The quantitative estimate of drug-likeness (QED) is 0.248. The van der Waals surface area contributed by atoms with E-state index in [9.17, 15) is 29.6 Å². The van der Waals surface area contributed by atoms with Crippen LogP contribution in [-0.4, -0.2) is 50.6 Å². The molecular weight excluding hydrogens is 426 g/mol. The molecule has 0 aromatic heterocycles. The number of hydrogen-bond donors (Lipinski definition) is 2. The summed E-state index contributed by atoms with van der Waals surface area (Å²) in [6.07, 6.45) is -0.742. The molecule has 1 aromatic carbocycles. The molecule has 2 aliphatic rings. The number of hydrogen-bond acceptors (Lipinski definition) is 8. The number of rotatable bonds is 9. The van der Waals surface area contributed by atoms with Crippen molar-refractivity contribution >= 4 is 35.2 Å². The third-order valence-corrected chi connectivity index (χ3v) is 6.71. The lowest BCUT2D eigenvalue weighted by atomic mass is 9.79. The second-order valence-electron chi connectivity index (χ2n) is 7.53. The molecule has 3 N–H and O–H groups in total. The van der Waals surface area contributed by atoms with Gasteiger partial charge < -0.3 is 20.5 Å². The van der Waals surface area contributed by atoms with E-state index in [0.29, 0.717) is 16.2 Å². The summed E-state index contributed by atoms with van der Waals surface area (Å²) >= 11 is 1.27. The highest BCUT2D eigenvalue weighted by Gasteiger charge is 2.60. The number of carbonyl (C=O) groups is 3. The highest BCUT2D eigenvalue weighted by atomic mass is 32.2. The number of carbonyl (C=O) groups excluding carboxylic acids is 3. The molecule has 166 valence electrons. The third-order valence-electron chi connectivity index (χ3n) is 5.42. The van der Waals surface area contributed by atoms with Crippen LogP contribution in [0.5, 0.6) is 0 Å². The first-order valence-electron chi connectivity index (χ1n) is 9.70. The van der Waals surface area contributed by atoms with Gasteiger partial charge in [0.05, 0.1) is 23.0 Å². The van der Waals surface area contributed by atoms with Gasteiger partial charge in [-0.1, -0.05) is 6.92 Å². The van der Waals surface area contributed by atoms with E-state index in [-0.39, 0.29) is 42.3 Å². The highest BCUT2D eigenvalue weighted by Crippen LogP contribution is 2.50. The number of aliphatic hydroxyl groups excluding tert-OH is 1. The van der Waals surface area contributed by atoms with Crippen molar-refractivity contribution in [3.8, 4) is 0 Å². The van der Waals surface area contributed by atoms with Crippen molar-refractivity contribution in [1.82, 2.24) is 4.90 Å². The van der Waals surface area contributed by atoms with E-state index in [1.54, 1.807) is 0 Å². The molecule has 1 saturated heterocycles. The van der Waals surface area contributed by atoms with Gasteiger partial charge in [0.2, 0.25) is 11.8 Å². The topological polar surface area (TPSA) is 153 Å². The first-order valence-corrected chi connectivity index (χ1v) is 10.7. The number of nitrogens with two attached hydrogens (primary N) is 1. The molecule has 1 aromatic rings. The van der Waals surface area contributed by atoms with Crippen molar-refractivity contribution in [1.29, 1.82) is 0 Å². The van der Waals surface area contributed by atoms with E-state index in [0.717, 1.165) is 0 Å². The minimum absolute atomic E-state index is 0.0753. The summed E-state index contributed by atoms with van der Waals surface area (Å²) in [7, 11) is 0. The van der Waals surface area contributed by atoms with Gasteiger partial charge in [0, 0.05) is 35.1 Å². The van der Waals surface area contributed by atoms with Gasteiger partial charge in [-0.3, -0.25) is 19.7 Å². The Morgan fingerprint density at radius 1 is 1.35 bits per heavy atom. The molecule has 31 heavy (non-hydrogen) atoms. The SMILES string of the molecule is C[C@@H](O)[C@H]1C(=O)N2C(C(=O)OCc3ccc([N+](=O)[O-])cc3)=C(SCCC(N)=O)[C@H](C)[C@H]12. The summed E-state index contributed by atoms with van der Waals surface area (Å²) < 4.78 is 5.39. The number of primary amides is 1. The van der Waals surface area contributed by atoms with E-state index in [1.165, 1.54) is 47.9 Å². The van der Waals surface area contributed by atoms with Gasteiger partial charge in [-0.2, -0.15) is 0 Å². The Labute approximate surface area is 182 Å². The van der Waals surface area contributed by atoms with Crippen LogP contribution in [0.15, 0.2) is 34.9 Å². The number of aliphatic hydroxyl groups is 1. The second-order valence-corrected chi connectivity index (χ2v) is 8.67. The number of benzene rings is 1. The van der Waals surface area contributed by atoms with Crippen LogP contribution in [0.4, 0.5) is 5.69 Å². The summed E-state index contributed by atoms with van der Waals surface area (Å²) in [4.78, 5) is 48.8. The van der Waals surface area contributed by atoms with Crippen LogP contribution in [-0.2, 0) is 25.7 Å². The van der Waals surface area contributed by atoms with E-state index in [1.807, 2.05) is 6.92 Å². The average Bonchev–Trinajstić information content (AvgIpc) is 2.94. The van der Waals surface area contributed by atoms with Crippen LogP contribution < -0.4 is 5.73 Å². The summed E-state index contributed by atoms with van der Waals surface area (Å²) in [6.45, 7) is 3.28. The summed E-state index contributed by atoms with van der Waals surface area (Å²) in [5.74, 6) is -1.99. The summed E-state index contributed by atoms with van der Waals surface area (Å²) in [6, 6.07) is 5.24. The first-order chi connectivity index (χ1) is 14.6. The number of nitrogens with zero attached hydrogens (tertiary/aromatic N) is 2. The lowest BCUT2D eigenvalue weighted by Crippen LogP contribution is -2.63. The van der Waals surface area contributed by atoms with Gasteiger partial charge >= 0.3 is 5.97 Å². The fourth-order valence-electron chi connectivity index (χ4n) is 3.90. The van der Waals surface area contributed by atoms with E-state index < -0.39 is 28.8 Å². The van der Waals surface area contributed by atoms with Crippen LogP contribution in [0, 0.1) is 22.0 Å². The fraction of sp³-hybridized carbons (Fsp3) is 0.450. The first kappa shape index (κ1) is 22.8. The van der Waals surface area contributed by atoms with Crippen molar-refractivity contribution in [3.63, 3.8) is 0 Å². The Bertz CT molecular complexity index is 945. The summed E-state index contributed by atoms with van der Waals surface area (Å²) in [5, 5.41) is 20.7. The number of non-ortho nitro benzene ring substituents is 1. The van der Waals surface area contributed by atoms with Crippen LogP contribution in [0.1, 0.15) is 25.8 Å². The Hall–Kier alpha value is -2.92. The lowest BCUT2D eigenvalue weighted by molar-refractivity contribution is -0.384. The Morgan fingerprint density at radius 2 is 2.00 bits per heavy atom. The maximum Gasteiger partial charge on any atom is 0.356 e. The van der Waals surface area contributed by atoms with Gasteiger partial charge in [0.1, 0.15) is 12.3 Å². The van der Waals surface area contributed by atoms with Crippen LogP contribution in [0.3, 0.4) is 0 Å². The number of amides is 2. The number of ether oxygens (including phenoxy) is 1. The van der Waals surface area contributed by atoms with Crippen molar-refractivity contribution in [2.75, 3.05) is 5.75 Å². The van der Waals surface area contributed by atoms with Crippen LogP contribution in [0.25, 0.3) is 0 Å². The van der Waals surface area contributed by atoms with Crippen LogP contribution >= 0.6 is 11.8 Å². The fourth-order valence-corrected chi connectivity index (χ4v) is 5.14. The largest absolute Gasteiger partial charge is 0.456 e. The van der Waals surface area contributed by atoms with Gasteiger partial charge in [-0.25, -0.2) is 4.79 Å². The second kappa shape index (κ2) is 9.06. The van der Waals surface area contributed by atoms with E-state index >= 15 is 0 Å². The van der Waals surface area contributed by atoms with Gasteiger partial charge in [-0.15, -0.1) is 11.8 Å². The number of esters is 1. The molecule has 0 unspecified atom stereocenters. The molecule has 2 heterocycles. The normalized spacial score (nSPS) is 23.3. The highest BCUT2D eigenvalue weighted by molar-refractivity contribution is 8.03. The molecule has 0 radical (unpaired) electrons. The zero-order chi connectivity index (χ0) is 22.9. The van der Waals surface area contributed by atoms with Crippen molar-refractivity contribution in [2.24, 2.45) is 17.6 Å². The zero-order valence-corrected chi connectivity index (χ0v) is 17.8.